The van der Waals surface area contributed by atoms with Crippen molar-refractivity contribution in [1.29, 1.82) is 0 Å². The van der Waals surface area contributed by atoms with E-state index in [0.717, 1.165) is 25.9 Å². The van der Waals surface area contributed by atoms with Crippen LogP contribution in [0.5, 0.6) is 0 Å². The van der Waals surface area contributed by atoms with Gasteiger partial charge in [0, 0.05) is 19.4 Å². The van der Waals surface area contributed by atoms with Crippen LogP contribution in [0.15, 0.2) is 12.2 Å². The fraction of sp³-hybridized carbons (Fsp3) is 0.750. The highest BCUT2D eigenvalue weighted by Crippen LogP contribution is 2.13. The third kappa shape index (κ3) is 8.33. The van der Waals surface area contributed by atoms with Gasteiger partial charge in [-0.15, -0.1) is 5.92 Å². The molecule has 0 aliphatic carbocycles. The van der Waals surface area contributed by atoms with Crippen LogP contribution in [0, 0.1) is 11.8 Å². The summed E-state index contributed by atoms with van der Waals surface area (Å²) in [6.07, 6.45) is 13.2. The molecule has 1 atom stereocenters. The van der Waals surface area contributed by atoms with Gasteiger partial charge < -0.3 is 9.47 Å². The van der Waals surface area contributed by atoms with E-state index in [1.807, 2.05) is 6.08 Å². The maximum atomic E-state index is 5.59. The van der Waals surface area contributed by atoms with E-state index in [9.17, 15) is 0 Å². The molecule has 0 radical (unpaired) electrons. The topological polar surface area (TPSA) is 18.5 Å². The summed E-state index contributed by atoms with van der Waals surface area (Å²) >= 11 is 0. The minimum Gasteiger partial charge on any atom is -0.353 e. The van der Waals surface area contributed by atoms with Crippen molar-refractivity contribution in [2.45, 2.75) is 64.6 Å². The van der Waals surface area contributed by atoms with Gasteiger partial charge in [0.2, 0.25) is 0 Å². The van der Waals surface area contributed by atoms with Crippen LogP contribution in [0.1, 0.15) is 58.3 Å². The second-order valence-corrected chi connectivity index (χ2v) is 4.62. The first kappa shape index (κ1) is 15.3. The van der Waals surface area contributed by atoms with Crippen LogP contribution in [-0.2, 0) is 9.47 Å². The van der Waals surface area contributed by atoms with Gasteiger partial charge in [0.25, 0.3) is 0 Å². The quantitative estimate of drug-likeness (QED) is 0.385. The van der Waals surface area contributed by atoms with Gasteiger partial charge in [0.05, 0.1) is 6.61 Å². The summed E-state index contributed by atoms with van der Waals surface area (Å²) < 4.78 is 11.1. The van der Waals surface area contributed by atoms with Crippen LogP contribution in [0.3, 0.4) is 0 Å². The summed E-state index contributed by atoms with van der Waals surface area (Å²) in [6.45, 7) is 3.70. The van der Waals surface area contributed by atoms with Crippen LogP contribution in [0.2, 0.25) is 0 Å². The van der Waals surface area contributed by atoms with Gasteiger partial charge in [-0.25, -0.2) is 0 Å². The minimum absolute atomic E-state index is 0.0172. The highest BCUT2D eigenvalue weighted by Gasteiger charge is 2.12. The zero-order valence-corrected chi connectivity index (χ0v) is 11.6. The first-order valence-corrected chi connectivity index (χ1v) is 7.27. The Morgan fingerprint density at radius 1 is 1.22 bits per heavy atom. The molecule has 18 heavy (non-hydrogen) atoms. The molecule has 1 heterocycles. The van der Waals surface area contributed by atoms with Crippen molar-refractivity contribution < 1.29 is 9.47 Å². The lowest BCUT2D eigenvalue weighted by Crippen LogP contribution is -2.22. The maximum Gasteiger partial charge on any atom is 0.157 e. The molecule has 1 unspecified atom stereocenters. The van der Waals surface area contributed by atoms with Crippen molar-refractivity contribution in [2.75, 3.05) is 13.2 Å². The van der Waals surface area contributed by atoms with E-state index in [4.69, 9.17) is 9.47 Å². The van der Waals surface area contributed by atoms with E-state index in [-0.39, 0.29) is 6.29 Å². The Hall–Kier alpha value is -0.780. The molecular formula is C16H26O2. The number of rotatable bonds is 7. The Balaban J connectivity index is 1.93. The standard InChI is InChI=1S/C16H26O2/c1-2-3-4-5-6-7-8-9-11-14-17-16-13-10-12-15-18-16/h9,11,16H,2-5,8,10,12-15H2,1H3/b11-9+. The maximum absolute atomic E-state index is 5.59. The van der Waals surface area contributed by atoms with Crippen molar-refractivity contribution in [3.05, 3.63) is 12.2 Å². The summed E-state index contributed by atoms with van der Waals surface area (Å²) in [7, 11) is 0. The van der Waals surface area contributed by atoms with Crippen LogP contribution in [0.25, 0.3) is 0 Å². The molecule has 2 heteroatoms. The third-order valence-corrected chi connectivity index (χ3v) is 2.93. The van der Waals surface area contributed by atoms with Crippen LogP contribution < -0.4 is 0 Å². The smallest absolute Gasteiger partial charge is 0.157 e. The lowest BCUT2D eigenvalue weighted by molar-refractivity contribution is -0.155. The zero-order valence-electron chi connectivity index (χ0n) is 11.6. The summed E-state index contributed by atoms with van der Waals surface area (Å²) in [5.74, 6) is 6.35. The van der Waals surface area contributed by atoms with Gasteiger partial charge in [-0.3, -0.25) is 0 Å². The van der Waals surface area contributed by atoms with E-state index in [2.05, 4.69) is 24.8 Å². The number of unbranched alkanes of at least 4 members (excludes halogenated alkanes) is 3. The summed E-state index contributed by atoms with van der Waals surface area (Å²) in [5, 5.41) is 0. The second-order valence-electron chi connectivity index (χ2n) is 4.62. The van der Waals surface area contributed by atoms with Gasteiger partial charge in [-0.2, -0.15) is 0 Å². The van der Waals surface area contributed by atoms with Crippen LogP contribution in [-0.4, -0.2) is 19.5 Å². The van der Waals surface area contributed by atoms with Gasteiger partial charge in [0.1, 0.15) is 0 Å². The molecule has 0 bridgehead atoms. The first-order chi connectivity index (χ1) is 8.93. The molecule has 102 valence electrons. The zero-order chi connectivity index (χ0) is 12.9. The molecule has 1 rings (SSSR count). The molecule has 0 N–H and O–H groups in total. The molecule has 0 aromatic heterocycles. The lowest BCUT2D eigenvalue weighted by Gasteiger charge is -2.21. The van der Waals surface area contributed by atoms with Gasteiger partial charge in [0.15, 0.2) is 6.29 Å². The van der Waals surface area contributed by atoms with Crippen molar-refractivity contribution >= 4 is 0 Å². The summed E-state index contributed by atoms with van der Waals surface area (Å²) in [5.41, 5.74) is 0. The van der Waals surface area contributed by atoms with Crippen LogP contribution >= 0.6 is 0 Å². The molecule has 0 amide bonds. The fourth-order valence-electron chi connectivity index (χ4n) is 1.84. The number of allylic oxidation sites excluding steroid dienone is 1. The average molecular weight is 250 g/mol. The highest BCUT2D eigenvalue weighted by molar-refractivity contribution is 5.04. The fourth-order valence-corrected chi connectivity index (χ4v) is 1.84. The lowest BCUT2D eigenvalue weighted by atomic mass is 10.2. The Morgan fingerprint density at radius 2 is 2.17 bits per heavy atom. The van der Waals surface area contributed by atoms with E-state index < -0.39 is 0 Å². The molecule has 1 saturated heterocycles. The number of hydrogen-bond donors (Lipinski definition) is 0. The average Bonchev–Trinajstić information content (AvgIpc) is 2.42. The van der Waals surface area contributed by atoms with Gasteiger partial charge >= 0.3 is 0 Å². The van der Waals surface area contributed by atoms with Crippen LogP contribution in [0.4, 0.5) is 0 Å². The summed E-state index contributed by atoms with van der Waals surface area (Å²) in [6, 6.07) is 0. The van der Waals surface area contributed by atoms with Crippen molar-refractivity contribution in [2.24, 2.45) is 0 Å². The minimum atomic E-state index is 0.0172. The molecule has 0 saturated carbocycles. The van der Waals surface area contributed by atoms with Crippen molar-refractivity contribution in [3.63, 3.8) is 0 Å². The van der Waals surface area contributed by atoms with Gasteiger partial charge in [-0.05, 0) is 25.7 Å². The van der Waals surface area contributed by atoms with Crippen molar-refractivity contribution in [3.8, 4) is 11.8 Å². The predicted octanol–water partition coefficient (Wildman–Crippen LogP) is 4.06. The molecule has 1 aliphatic heterocycles. The summed E-state index contributed by atoms with van der Waals surface area (Å²) in [4.78, 5) is 0. The SMILES string of the molecule is CCCCCC#CC/C=C/COC1CCCCO1. The molecule has 1 aliphatic rings. The second kappa shape index (κ2) is 11.3. The third-order valence-electron chi connectivity index (χ3n) is 2.93. The Bertz CT molecular complexity index is 267. The van der Waals surface area contributed by atoms with E-state index in [1.54, 1.807) is 0 Å². The van der Waals surface area contributed by atoms with E-state index in [0.29, 0.717) is 6.61 Å². The molecule has 0 aromatic carbocycles. The van der Waals surface area contributed by atoms with E-state index in [1.165, 1.54) is 32.1 Å². The Labute approximate surface area is 112 Å². The largest absolute Gasteiger partial charge is 0.353 e. The predicted molar refractivity (Wildman–Crippen MR) is 75.2 cm³/mol. The molecule has 0 aromatic rings. The van der Waals surface area contributed by atoms with Gasteiger partial charge in [-0.1, -0.05) is 37.8 Å². The molecule has 2 nitrogen and oxygen atoms in total. The monoisotopic (exact) mass is 250 g/mol. The molecule has 1 fully saturated rings. The molecule has 0 spiro atoms. The number of ether oxygens (including phenoxy) is 2. The first-order valence-electron chi connectivity index (χ1n) is 7.27. The molecular weight excluding hydrogens is 224 g/mol. The van der Waals surface area contributed by atoms with E-state index >= 15 is 0 Å². The number of hydrogen-bond acceptors (Lipinski definition) is 2. The normalized spacial score (nSPS) is 19.7. The Kier molecular flexibility index (Phi) is 9.61. The highest BCUT2D eigenvalue weighted by atomic mass is 16.7. The Morgan fingerprint density at radius 3 is 2.94 bits per heavy atom. The van der Waals surface area contributed by atoms with Crippen molar-refractivity contribution in [1.82, 2.24) is 0 Å².